The minimum Gasteiger partial charge on any atom is -0.299 e. The van der Waals surface area contributed by atoms with E-state index in [4.69, 9.17) is 11.6 Å². The van der Waals surface area contributed by atoms with Gasteiger partial charge in [0.05, 0.1) is 11.1 Å². The minimum absolute atomic E-state index is 0.178. The predicted molar refractivity (Wildman–Crippen MR) is 106 cm³/mol. The van der Waals surface area contributed by atoms with E-state index in [1.54, 1.807) is 24.4 Å². The Bertz CT molecular complexity index is 871. The van der Waals surface area contributed by atoms with E-state index < -0.39 is 0 Å². The van der Waals surface area contributed by atoms with Crippen LogP contribution in [0.3, 0.4) is 0 Å². The summed E-state index contributed by atoms with van der Waals surface area (Å²) in [5.41, 5.74) is 1.95. The highest BCUT2D eigenvalue weighted by Gasteiger charge is 2.22. The molecule has 1 N–H and O–H groups in total. The van der Waals surface area contributed by atoms with Crippen LogP contribution in [0.25, 0.3) is 6.08 Å². The molecule has 2 aromatic rings. The normalized spacial score (nSPS) is 17.9. The van der Waals surface area contributed by atoms with Gasteiger partial charge in [0.15, 0.2) is 5.17 Å². The van der Waals surface area contributed by atoms with Crippen LogP contribution in [0, 0.1) is 0 Å². The predicted octanol–water partition coefficient (Wildman–Crippen LogP) is 4.49. The summed E-state index contributed by atoms with van der Waals surface area (Å²) in [5.74, 6) is -0.178. The number of hydrogen-bond acceptors (Lipinski definition) is 4. The molecule has 0 bridgehead atoms. The molecule has 0 saturated carbocycles. The molecule has 2 aromatic carbocycles. The van der Waals surface area contributed by atoms with Crippen molar-refractivity contribution < 1.29 is 4.79 Å². The molecule has 1 heterocycles. The fourth-order valence-electron chi connectivity index (χ4n) is 2.00. The lowest BCUT2D eigenvalue weighted by atomic mass is 10.2. The SMILES string of the molecule is O=C1N/C(=N\N=C\c2ccc(Cl)cc2)S/C1=C\C=C\c1ccccc1. The molecule has 0 atom stereocenters. The third-order valence-corrected chi connectivity index (χ3v) is 4.38. The Morgan fingerprint density at radius 3 is 2.52 bits per heavy atom. The topological polar surface area (TPSA) is 53.8 Å². The first-order valence-electron chi connectivity index (χ1n) is 7.50. The van der Waals surface area contributed by atoms with Crippen molar-refractivity contribution in [3.63, 3.8) is 0 Å². The third-order valence-electron chi connectivity index (χ3n) is 3.21. The highest BCUT2D eigenvalue weighted by Crippen LogP contribution is 2.23. The van der Waals surface area contributed by atoms with E-state index in [1.165, 1.54) is 11.8 Å². The number of rotatable bonds is 4. The molecular weight excluding hydrogens is 354 g/mol. The van der Waals surface area contributed by atoms with Crippen LogP contribution in [-0.4, -0.2) is 17.3 Å². The van der Waals surface area contributed by atoms with Gasteiger partial charge in [0, 0.05) is 5.02 Å². The maximum atomic E-state index is 11.9. The van der Waals surface area contributed by atoms with Crippen LogP contribution in [0.1, 0.15) is 11.1 Å². The Morgan fingerprint density at radius 1 is 1.00 bits per heavy atom. The number of amides is 1. The Hall–Kier alpha value is -2.63. The molecule has 1 saturated heterocycles. The van der Waals surface area contributed by atoms with Crippen LogP contribution < -0.4 is 5.32 Å². The average Bonchev–Trinajstić information content (AvgIpc) is 2.97. The van der Waals surface area contributed by atoms with E-state index >= 15 is 0 Å². The summed E-state index contributed by atoms with van der Waals surface area (Å²) in [5, 5.41) is 11.8. The smallest absolute Gasteiger partial charge is 0.264 e. The summed E-state index contributed by atoms with van der Waals surface area (Å²) >= 11 is 7.08. The van der Waals surface area contributed by atoms with Gasteiger partial charge >= 0.3 is 0 Å². The zero-order valence-corrected chi connectivity index (χ0v) is 14.7. The van der Waals surface area contributed by atoms with Crippen molar-refractivity contribution in [3.8, 4) is 0 Å². The van der Waals surface area contributed by atoms with Gasteiger partial charge < -0.3 is 0 Å². The monoisotopic (exact) mass is 367 g/mol. The zero-order valence-electron chi connectivity index (χ0n) is 13.1. The van der Waals surface area contributed by atoms with Gasteiger partial charge in [-0.25, -0.2) is 0 Å². The molecule has 0 spiro atoms. The Balaban J connectivity index is 1.62. The van der Waals surface area contributed by atoms with Crippen LogP contribution in [0.2, 0.25) is 5.02 Å². The zero-order chi connectivity index (χ0) is 17.5. The summed E-state index contributed by atoms with van der Waals surface area (Å²) in [4.78, 5) is 12.5. The lowest BCUT2D eigenvalue weighted by molar-refractivity contribution is -0.115. The molecule has 0 unspecified atom stereocenters. The highest BCUT2D eigenvalue weighted by molar-refractivity contribution is 8.18. The van der Waals surface area contributed by atoms with Crippen molar-refractivity contribution in [1.82, 2.24) is 5.32 Å². The first-order chi connectivity index (χ1) is 12.2. The van der Waals surface area contributed by atoms with Gasteiger partial charge in [0.25, 0.3) is 5.91 Å². The van der Waals surface area contributed by atoms with Crippen LogP contribution in [0.5, 0.6) is 0 Å². The fourth-order valence-corrected chi connectivity index (χ4v) is 2.85. The highest BCUT2D eigenvalue weighted by atomic mass is 35.5. The molecule has 25 heavy (non-hydrogen) atoms. The summed E-state index contributed by atoms with van der Waals surface area (Å²) in [6, 6.07) is 17.1. The maximum absolute atomic E-state index is 11.9. The van der Waals surface area contributed by atoms with E-state index in [0.717, 1.165) is 11.1 Å². The largest absolute Gasteiger partial charge is 0.299 e. The van der Waals surface area contributed by atoms with Gasteiger partial charge in [-0.05, 0) is 41.1 Å². The summed E-state index contributed by atoms with van der Waals surface area (Å²) in [6.07, 6.45) is 7.15. The Morgan fingerprint density at radius 2 is 1.76 bits per heavy atom. The van der Waals surface area contributed by atoms with Gasteiger partial charge in [0.2, 0.25) is 0 Å². The van der Waals surface area contributed by atoms with Gasteiger partial charge in [0.1, 0.15) is 0 Å². The van der Waals surface area contributed by atoms with Gasteiger partial charge in [-0.1, -0.05) is 66.2 Å². The molecule has 6 heteroatoms. The van der Waals surface area contributed by atoms with Gasteiger partial charge in [-0.3, -0.25) is 10.1 Å². The number of carbonyl (C=O) groups is 1. The van der Waals surface area contributed by atoms with Crippen molar-refractivity contribution in [2.45, 2.75) is 0 Å². The van der Waals surface area contributed by atoms with Crippen LogP contribution in [0.15, 0.2) is 81.9 Å². The molecule has 1 aliphatic heterocycles. The molecular formula is C19H14ClN3OS. The van der Waals surface area contributed by atoms with E-state index in [-0.39, 0.29) is 5.91 Å². The lowest BCUT2D eigenvalue weighted by Gasteiger charge is -1.92. The summed E-state index contributed by atoms with van der Waals surface area (Å²) < 4.78 is 0. The number of hydrogen-bond donors (Lipinski definition) is 1. The number of halogens is 1. The third kappa shape index (κ3) is 5.17. The quantitative estimate of drug-likeness (QED) is 0.491. The Kier molecular flexibility index (Phi) is 5.82. The van der Waals surface area contributed by atoms with E-state index in [9.17, 15) is 4.79 Å². The second-order valence-electron chi connectivity index (χ2n) is 5.06. The van der Waals surface area contributed by atoms with Gasteiger partial charge in [-0.2, -0.15) is 5.10 Å². The summed E-state index contributed by atoms with van der Waals surface area (Å²) in [6.45, 7) is 0. The molecule has 1 aliphatic rings. The van der Waals surface area contributed by atoms with E-state index in [0.29, 0.717) is 15.1 Å². The first kappa shape index (κ1) is 17.2. The molecule has 1 amide bonds. The molecule has 0 aromatic heterocycles. The second-order valence-corrected chi connectivity index (χ2v) is 6.53. The van der Waals surface area contributed by atoms with Gasteiger partial charge in [-0.15, -0.1) is 5.10 Å². The van der Waals surface area contributed by atoms with E-state index in [1.807, 2.05) is 54.6 Å². The lowest BCUT2D eigenvalue weighted by Crippen LogP contribution is -2.19. The maximum Gasteiger partial charge on any atom is 0.264 e. The van der Waals surface area contributed by atoms with Crippen molar-refractivity contribution in [1.29, 1.82) is 0 Å². The van der Waals surface area contributed by atoms with Crippen molar-refractivity contribution in [2.75, 3.05) is 0 Å². The van der Waals surface area contributed by atoms with Crippen LogP contribution in [0.4, 0.5) is 0 Å². The fraction of sp³-hybridized carbons (Fsp3) is 0. The van der Waals surface area contributed by atoms with Crippen molar-refractivity contribution >= 4 is 46.7 Å². The number of allylic oxidation sites excluding steroid dienone is 2. The molecule has 3 rings (SSSR count). The minimum atomic E-state index is -0.178. The number of nitrogens with zero attached hydrogens (tertiary/aromatic N) is 2. The standard InChI is InChI=1S/C19H14ClN3OS/c20-16-11-9-15(10-12-16)13-21-23-19-22-18(24)17(25-19)8-4-7-14-5-2-1-3-6-14/h1-13H,(H,22,23,24)/b7-4+,17-8-,21-13+. The number of nitrogens with one attached hydrogen (secondary N) is 1. The first-order valence-corrected chi connectivity index (χ1v) is 8.69. The molecule has 0 radical (unpaired) electrons. The van der Waals surface area contributed by atoms with Crippen LogP contribution in [-0.2, 0) is 4.79 Å². The van der Waals surface area contributed by atoms with E-state index in [2.05, 4.69) is 15.5 Å². The average molecular weight is 368 g/mol. The van der Waals surface area contributed by atoms with Crippen molar-refractivity contribution in [3.05, 3.63) is 87.8 Å². The number of carbonyl (C=O) groups excluding carboxylic acids is 1. The molecule has 0 aliphatic carbocycles. The molecule has 1 fully saturated rings. The number of amidine groups is 1. The number of thioether (sulfide) groups is 1. The number of benzene rings is 2. The van der Waals surface area contributed by atoms with Crippen LogP contribution >= 0.6 is 23.4 Å². The Labute approximate surface area is 155 Å². The second kappa shape index (κ2) is 8.46. The molecule has 124 valence electrons. The van der Waals surface area contributed by atoms with Crippen molar-refractivity contribution in [2.24, 2.45) is 10.2 Å². The summed E-state index contributed by atoms with van der Waals surface area (Å²) in [7, 11) is 0. The molecule has 4 nitrogen and oxygen atoms in total.